The van der Waals surface area contributed by atoms with Crippen LogP contribution in [0.3, 0.4) is 0 Å². The van der Waals surface area contributed by atoms with E-state index in [1.165, 1.54) is 5.56 Å². The fraction of sp³-hybridized carbons (Fsp3) is 0.457. The summed E-state index contributed by atoms with van der Waals surface area (Å²) in [6, 6.07) is 10.2. The number of carbonyl (C=O) groups excluding carboxylic acids is 1. The molecule has 1 aliphatic carbocycles. The number of allylic oxidation sites excluding steroid dienone is 4. The van der Waals surface area contributed by atoms with E-state index in [-0.39, 0.29) is 24.2 Å². The van der Waals surface area contributed by atoms with Crippen LogP contribution in [0.5, 0.6) is 5.75 Å². The molecule has 3 aliphatic rings. The highest BCUT2D eigenvalue weighted by molar-refractivity contribution is 5.76. The molecule has 228 valence electrons. The molecule has 2 atom stereocenters. The maximum atomic E-state index is 13.2. The first-order valence-corrected chi connectivity index (χ1v) is 15.3. The van der Waals surface area contributed by atoms with Crippen molar-refractivity contribution in [3.63, 3.8) is 0 Å². The quantitative estimate of drug-likeness (QED) is 0.297. The molecule has 2 saturated heterocycles. The molecule has 0 radical (unpaired) electrons. The third-order valence-electron chi connectivity index (χ3n) is 9.10. The lowest BCUT2D eigenvalue weighted by molar-refractivity contribution is -0.142. The Balaban J connectivity index is 1.47. The molecule has 8 nitrogen and oxygen atoms in total. The summed E-state index contributed by atoms with van der Waals surface area (Å²) in [6.07, 6.45) is 9.32. The molecule has 5 rings (SSSR count). The molecular formula is C35H43N3O5. The zero-order chi connectivity index (χ0) is 30.7. The van der Waals surface area contributed by atoms with Crippen LogP contribution in [0.4, 0.5) is 10.6 Å². The lowest BCUT2D eigenvalue weighted by atomic mass is 9.78. The Kier molecular flexibility index (Phi) is 9.23. The summed E-state index contributed by atoms with van der Waals surface area (Å²) in [7, 11) is 1.67. The summed E-state index contributed by atoms with van der Waals surface area (Å²) in [4.78, 5) is 33.8. The van der Waals surface area contributed by atoms with Gasteiger partial charge in [0.1, 0.15) is 17.7 Å². The minimum atomic E-state index is -0.696. The highest BCUT2D eigenvalue weighted by Gasteiger charge is 2.40. The Labute approximate surface area is 254 Å². The molecule has 3 heterocycles. The van der Waals surface area contributed by atoms with Crippen molar-refractivity contribution in [2.45, 2.75) is 77.5 Å². The van der Waals surface area contributed by atoms with E-state index in [0.717, 1.165) is 71.9 Å². The number of aliphatic carboxylic acids is 1. The highest BCUT2D eigenvalue weighted by atomic mass is 16.6. The van der Waals surface area contributed by atoms with Gasteiger partial charge in [-0.25, -0.2) is 9.78 Å². The maximum Gasteiger partial charge on any atom is 0.411 e. The van der Waals surface area contributed by atoms with E-state index in [1.807, 2.05) is 45.1 Å². The molecule has 2 aromatic rings. The number of anilines is 1. The molecule has 1 saturated carbocycles. The topological polar surface area (TPSA) is 92.2 Å². The predicted octanol–water partition coefficient (Wildman–Crippen LogP) is 7.11. The largest absolute Gasteiger partial charge is 0.496 e. The molecule has 1 aromatic heterocycles. The summed E-state index contributed by atoms with van der Waals surface area (Å²) in [5, 5.41) is 9.46. The lowest BCUT2D eigenvalue weighted by Crippen LogP contribution is -2.38. The number of ether oxygens (including phenoxy) is 2. The zero-order valence-corrected chi connectivity index (χ0v) is 25.7. The van der Waals surface area contributed by atoms with Crippen LogP contribution in [-0.2, 0) is 16.1 Å². The third-order valence-corrected chi connectivity index (χ3v) is 9.10. The first-order chi connectivity index (χ1) is 20.7. The van der Waals surface area contributed by atoms with E-state index < -0.39 is 5.97 Å². The van der Waals surface area contributed by atoms with Crippen LogP contribution in [0.1, 0.15) is 70.1 Å². The molecule has 2 aliphatic heterocycles. The molecule has 43 heavy (non-hydrogen) atoms. The zero-order valence-electron chi connectivity index (χ0n) is 25.7. The van der Waals surface area contributed by atoms with Crippen LogP contribution < -0.4 is 9.64 Å². The van der Waals surface area contributed by atoms with Crippen LogP contribution >= 0.6 is 0 Å². The SMILES string of the molecule is C=C(C)/C=C\C=C(/C)[C@H]1OC(=O)N(Cc2nc(N3CCC3)ccc2-c2cc([C@H]3CC[C@H](C(=O)O)CC3)ccc2OC)[C@H]1C. The van der Waals surface area contributed by atoms with E-state index in [4.69, 9.17) is 14.5 Å². The summed E-state index contributed by atoms with van der Waals surface area (Å²) in [5.41, 5.74) is 5.74. The number of amides is 1. The standard InChI is InChI=1S/C35H43N3O5/c1-22(2)8-6-9-23(3)33-24(4)38(35(41)43-33)21-30-28(15-17-32(36-30)37-18-7-19-37)29-20-27(14-16-31(29)42-5)25-10-12-26(13-11-25)34(39)40/h6,8-9,14-17,20,24-26,33H,1,7,10-13,18-19,21H2,2-5H3,(H,39,40)/b8-6-,23-9+/t24-,25-,26-,33+/m0/s1. The number of pyridine rings is 1. The van der Waals surface area contributed by atoms with Gasteiger partial charge in [0, 0.05) is 24.2 Å². The van der Waals surface area contributed by atoms with Gasteiger partial charge in [-0.15, -0.1) is 0 Å². The van der Waals surface area contributed by atoms with E-state index in [1.54, 1.807) is 12.0 Å². The number of carbonyl (C=O) groups is 2. The summed E-state index contributed by atoms with van der Waals surface area (Å²) in [5.74, 6) is 0.980. The molecule has 0 unspecified atom stereocenters. The Morgan fingerprint density at radius 3 is 2.51 bits per heavy atom. The van der Waals surface area contributed by atoms with Crippen LogP contribution in [0.2, 0.25) is 0 Å². The van der Waals surface area contributed by atoms with Gasteiger partial charge in [-0.3, -0.25) is 9.69 Å². The smallest absolute Gasteiger partial charge is 0.411 e. The second-order valence-corrected chi connectivity index (χ2v) is 12.1. The normalized spacial score (nSPS) is 24.2. The Morgan fingerprint density at radius 2 is 1.88 bits per heavy atom. The molecule has 0 spiro atoms. The van der Waals surface area contributed by atoms with Gasteiger partial charge in [0.05, 0.1) is 31.3 Å². The van der Waals surface area contributed by atoms with Crippen LogP contribution in [0, 0.1) is 5.92 Å². The number of carboxylic acids is 1. The van der Waals surface area contributed by atoms with Crippen molar-refractivity contribution < 1.29 is 24.2 Å². The van der Waals surface area contributed by atoms with Gasteiger partial charge < -0.3 is 19.5 Å². The number of hydrogen-bond acceptors (Lipinski definition) is 6. The molecule has 1 aromatic carbocycles. The second-order valence-electron chi connectivity index (χ2n) is 12.1. The van der Waals surface area contributed by atoms with Gasteiger partial charge in [-0.05, 0) is 94.2 Å². The molecule has 3 fully saturated rings. The highest BCUT2D eigenvalue weighted by Crippen LogP contribution is 2.41. The fourth-order valence-electron chi connectivity index (χ4n) is 6.35. The van der Waals surface area contributed by atoms with Crippen LogP contribution in [-0.4, -0.2) is 59.4 Å². The summed E-state index contributed by atoms with van der Waals surface area (Å²) in [6.45, 7) is 12.1. The average molecular weight is 586 g/mol. The van der Waals surface area contributed by atoms with Crippen molar-refractivity contribution in [2.75, 3.05) is 25.1 Å². The Bertz CT molecular complexity index is 1430. The number of hydrogen-bond donors (Lipinski definition) is 1. The Hall–Kier alpha value is -4.07. The van der Waals surface area contributed by atoms with Gasteiger partial charge in [0.15, 0.2) is 0 Å². The van der Waals surface area contributed by atoms with Crippen molar-refractivity contribution in [3.8, 4) is 16.9 Å². The van der Waals surface area contributed by atoms with E-state index in [0.29, 0.717) is 25.3 Å². The number of methoxy groups -OCH3 is 1. The van der Waals surface area contributed by atoms with E-state index in [9.17, 15) is 14.7 Å². The minimum absolute atomic E-state index is 0.179. The molecule has 0 bridgehead atoms. The monoisotopic (exact) mass is 585 g/mol. The molecule has 8 heteroatoms. The number of nitrogens with zero attached hydrogens (tertiary/aromatic N) is 3. The molecular weight excluding hydrogens is 542 g/mol. The first kappa shape index (κ1) is 30.4. The molecule has 1 N–H and O–H groups in total. The maximum absolute atomic E-state index is 13.2. The fourth-order valence-corrected chi connectivity index (χ4v) is 6.35. The van der Waals surface area contributed by atoms with Gasteiger partial charge >= 0.3 is 12.1 Å². The van der Waals surface area contributed by atoms with E-state index >= 15 is 0 Å². The lowest BCUT2D eigenvalue weighted by Gasteiger charge is -2.33. The van der Waals surface area contributed by atoms with Crippen LogP contribution in [0.25, 0.3) is 11.1 Å². The summed E-state index contributed by atoms with van der Waals surface area (Å²) < 4.78 is 11.7. The second kappa shape index (κ2) is 13.1. The van der Waals surface area contributed by atoms with Gasteiger partial charge in [-0.2, -0.15) is 0 Å². The number of cyclic esters (lactones) is 1. The average Bonchev–Trinajstić information content (AvgIpc) is 3.24. The Morgan fingerprint density at radius 1 is 1.14 bits per heavy atom. The number of carboxylic acid groups (broad SMARTS) is 1. The predicted molar refractivity (Wildman–Crippen MR) is 168 cm³/mol. The van der Waals surface area contributed by atoms with E-state index in [2.05, 4.69) is 35.7 Å². The third kappa shape index (κ3) is 6.63. The van der Waals surface area contributed by atoms with Crippen molar-refractivity contribution in [2.24, 2.45) is 5.92 Å². The van der Waals surface area contributed by atoms with Gasteiger partial charge in [-0.1, -0.05) is 36.4 Å². The molecule has 1 amide bonds. The number of aromatic nitrogens is 1. The van der Waals surface area contributed by atoms with Crippen molar-refractivity contribution in [1.82, 2.24) is 9.88 Å². The number of benzene rings is 1. The van der Waals surface area contributed by atoms with Gasteiger partial charge in [0.2, 0.25) is 0 Å². The van der Waals surface area contributed by atoms with Gasteiger partial charge in [0.25, 0.3) is 0 Å². The first-order valence-electron chi connectivity index (χ1n) is 15.3. The minimum Gasteiger partial charge on any atom is -0.496 e. The van der Waals surface area contributed by atoms with Crippen molar-refractivity contribution in [3.05, 3.63) is 77.5 Å². The van der Waals surface area contributed by atoms with Crippen molar-refractivity contribution in [1.29, 1.82) is 0 Å². The summed E-state index contributed by atoms with van der Waals surface area (Å²) >= 11 is 0. The number of rotatable bonds is 10. The van der Waals surface area contributed by atoms with Crippen LogP contribution in [0.15, 0.2) is 66.3 Å². The van der Waals surface area contributed by atoms with Crippen molar-refractivity contribution >= 4 is 17.9 Å².